The molecule has 4 rings (SSSR count). The van der Waals surface area contributed by atoms with Gasteiger partial charge in [-0.1, -0.05) is 66.2 Å². The van der Waals surface area contributed by atoms with Crippen molar-refractivity contribution < 1.29 is 4.79 Å². The number of hydrogen-bond acceptors (Lipinski definition) is 4. The largest absolute Gasteiger partial charge is 0.324 e. The molecule has 0 spiro atoms. The van der Waals surface area contributed by atoms with E-state index in [2.05, 4.69) is 41.5 Å². The second-order valence-corrected chi connectivity index (χ2v) is 9.11. The topological polar surface area (TPSA) is 59.8 Å². The van der Waals surface area contributed by atoms with Gasteiger partial charge in [-0.2, -0.15) is 0 Å². The van der Waals surface area contributed by atoms with Gasteiger partial charge in [-0.25, -0.2) is 9.97 Å². The number of aryl methyl sites for hydroxylation is 2. The third kappa shape index (κ3) is 4.81. The summed E-state index contributed by atoms with van der Waals surface area (Å²) in [6, 6.07) is 17.3. The number of imidazole rings is 1. The van der Waals surface area contributed by atoms with Gasteiger partial charge in [-0.15, -0.1) is 0 Å². The summed E-state index contributed by atoms with van der Waals surface area (Å²) in [4.78, 5) is 22.6. The number of aromatic nitrogens is 3. The molecule has 7 heteroatoms. The Morgan fingerprint density at radius 2 is 1.94 bits per heavy atom. The Bertz CT molecular complexity index is 1250. The van der Waals surface area contributed by atoms with E-state index >= 15 is 0 Å². The van der Waals surface area contributed by atoms with Crippen molar-refractivity contribution in [3.8, 4) is 0 Å². The predicted octanol–water partition coefficient (Wildman–Crippen LogP) is 6.58. The Labute approximate surface area is 197 Å². The van der Waals surface area contributed by atoms with Crippen molar-refractivity contribution in [2.45, 2.75) is 44.1 Å². The average molecular weight is 465 g/mol. The first kappa shape index (κ1) is 22.4. The van der Waals surface area contributed by atoms with Crippen molar-refractivity contribution in [2.24, 2.45) is 0 Å². The lowest BCUT2D eigenvalue weighted by molar-refractivity contribution is -0.119. The molecule has 0 aliphatic heterocycles. The van der Waals surface area contributed by atoms with Crippen LogP contribution in [0.15, 0.2) is 66.0 Å². The summed E-state index contributed by atoms with van der Waals surface area (Å²) in [6.07, 6.45) is 2.34. The normalized spacial score (nSPS) is 12.1. The van der Waals surface area contributed by atoms with Crippen LogP contribution in [0.25, 0.3) is 11.2 Å². The zero-order valence-corrected chi connectivity index (χ0v) is 19.9. The fraction of sp³-hybridized carbons (Fsp3) is 0.240. The molecule has 1 N–H and O–H groups in total. The van der Waals surface area contributed by atoms with Crippen LogP contribution >= 0.6 is 23.4 Å². The van der Waals surface area contributed by atoms with Gasteiger partial charge in [-0.3, -0.25) is 9.36 Å². The van der Waals surface area contributed by atoms with Gasteiger partial charge in [0.05, 0.1) is 0 Å². The van der Waals surface area contributed by atoms with Crippen LogP contribution in [0.3, 0.4) is 0 Å². The molecular weight excluding hydrogens is 440 g/mol. The van der Waals surface area contributed by atoms with Gasteiger partial charge in [0.2, 0.25) is 5.91 Å². The number of anilines is 1. The molecule has 2 heterocycles. The number of carbonyl (C=O) groups is 1. The molecule has 0 radical (unpaired) electrons. The summed E-state index contributed by atoms with van der Waals surface area (Å²) in [5, 5.41) is 4.42. The highest BCUT2D eigenvalue weighted by Gasteiger charge is 2.25. The zero-order chi connectivity index (χ0) is 22.7. The minimum atomic E-state index is -0.449. The van der Waals surface area contributed by atoms with E-state index in [-0.39, 0.29) is 5.91 Å². The molecule has 2 aromatic heterocycles. The Hall–Kier alpha value is -2.83. The van der Waals surface area contributed by atoms with E-state index < -0.39 is 6.04 Å². The maximum atomic E-state index is 13.3. The van der Waals surface area contributed by atoms with Gasteiger partial charge < -0.3 is 5.32 Å². The molecule has 5 nitrogen and oxygen atoms in total. The minimum Gasteiger partial charge on any atom is -0.324 e. The fourth-order valence-electron chi connectivity index (χ4n) is 3.51. The van der Waals surface area contributed by atoms with E-state index in [4.69, 9.17) is 16.6 Å². The number of pyridine rings is 1. The average Bonchev–Trinajstić information content (AvgIpc) is 3.15. The monoisotopic (exact) mass is 464 g/mol. The van der Waals surface area contributed by atoms with Gasteiger partial charge in [-0.05, 0) is 55.7 Å². The zero-order valence-electron chi connectivity index (χ0n) is 18.3. The first-order valence-corrected chi connectivity index (χ1v) is 11.9. The van der Waals surface area contributed by atoms with Gasteiger partial charge in [0.25, 0.3) is 0 Å². The van der Waals surface area contributed by atoms with Crippen LogP contribution in [-0.4, -0.2) is 20.4 Å². The summed E-state index contributed by atoms with van der Waals surface area (Å²) in [6.45, 7) is 6.01. The van der Waals surface area contributed by atoms with Crippen LogP contribution in [0.5, 0.6) is 0 Å². The summed E-state index contributed by atoms with van der Waals surface area (Å²) in [5.74, 6) is 0.643. The Morgan fingerprint density at radius 1 is 1.16 bits per heavy atom. The van der Waals surface area contributed by atoms with E-state index in [1.165, 1.54) is 11.1 Å². The molecule has 2 aromatic carbocycles. The molecule has 0 saturated heterocycles. The molecule has 0 aliphatic carbocycles. The quantitative estimate of drug-likeness (QED) is 0.313. The highest BCUT2D eigenvalue weighted by atomic mass is 35.5. The van der Waals surface area contributed by atoms with Crippen molar-refractivity contribution in [1.82, 2.24) is 14.5 Å². The molecule has 1 atom stereocenters. The van der Waals surface area contributed by atoms with Gasteiger partial charge in [0, 0.05) is 22.7 Å². The summed E-state index contributed by atoms with van der Waals surface area (Å²) >= 11 is 7.86. The molecule has 1 amide bonds. The lowest BCUT2D eigenvalue weighted by Crippen LogP contribution is -2.26. The Morgan fingerprint density at radius 3 is 2.66 bits per heavy atom. The van der Waals surface area contributed by atoms with Crippen LogP contribution < -0.4 is 5.32 Å². The smallest absolute Gasteiger partial charge is 0.247 e. The summed E-state index contributed by atoms with van der Waals surface area (Å²) < 4.78 is 1.96. The molecule has 1 unspecified atom stereocenters. The third-order valence-electron chi connectivity index (χ3n) is 5.35. The summed E-state index contributed by atoms with van der Waals surface area (Å²) in [5.41, 5.74) is 5.58. The van der Waals surface area contributed by atoms with Gasteiger partial charge in [0.15, 0.2) is 10.8 Å². The number of rotatable bonds is 7. The number of benzene rings is 2. The van der Waals surface area contributed by atoms with Gasteiger partial charge >= 0.3 is 0 Å². The second-order valence-electron chi connectivity index (χ2n) is 7.76. The van der Waals surface area contributed by atoms with E-state index in [1.807, 2.05) is 42.7 Å². The number of amides is 1. The highest BCUT2D eigenvalue weighted by molar-refractivity contribution is 7.98. The van der Waals surface area contributed by atoms with Crippen molar-refractivity contribution in [1.29, 1.82) is 0 Å². The molecule has 4 aromatic rings. The molecule has 0 bridgehead atoms. The minimum absolute atomic E-state index is 0.116. The van der Waals surface area contributed by atoms with Crippen LogP contribution in [-0.2, 0) is 10.5 Å². The van der Waals surface area contributed by atoms with Crippen LogP contribution in [0.4, 0.5) is 5.69 Å². The molecular formula is C25H25ClN4OS. The fourth-order valence-corrected chi connectivity index (χ4v) is 4.69. The van der Waals surface area contributed by atoms with Crippen molar-refractivity contribution in [3.05, 3.63) is 82.5 Å². The number of nitrogens with one attached hydrogen (secondary N) is 1. The molecule has 0 fully saturated rings. The molecule has 0 aliphatic rings. The van der Waals surface area contributed by atoms with E-state index in [0.29, 0.717) is 22.8 Å². The second kappa shape index (κ2) is 9.76. The summed E-state index contributed by atoms with van der Waals surface area (Å²) in [7, 11) is 0. The lowest BCUT2D eigenvalue weighted by Gasteiger charge is -2.19. The number of nitrogens with zero attached hydrogens (tertiary/aromatic N) is 3. The third-order valence-corrected chi connectivity index (χ3v) is 6.78. The molecule has 32 heavy (non-hydrogen) atoms. The van der Waals surface area contributed by atoms with E-state index in [0.717, 1.165) is 22.0 Å². The number of carbonyl (C=O) groups excluding carboxylic acids is 1. The van der Waals surface area contributed by atoms with Crippen LogP contribution in [0, 0.1) is 13.8 Å². The number of thioether (sulfide) groups is 1. The van der Waals surface area contributed by atoms with Crippen molar-refractivity contribution >= 4 is 46.1 Å². The van der Waals surface area contributed by atoms with Crippen molar-refractivity contribution in [3.63, 3.8) is 0 Å². The maximum Gasteiger partial charge on any atom is 0.247 e. The number of hydrogen-bond donors (Lipinski definition) is 1. The van der Waals surface area contributed by atoms with Crippen molar-refractivity contribution in [2.75, 3.05) is 5.32 Å². The van der Waals surface area contributed by atoms with E-state index in [1.54, 1.807) is 24.0 Å². The predicted molar refractivity (Wildman–Crippen MR) is 132 cm³/mol. The number of halogens is 1. The molecule has 164 valence electrons. The van der Waals surface area contributed by atoms with Crippen LogP contribution in [0.1, 0.15) is 36.1 Å². The highest BCUT2D eigenvalue weighted by Crippen LogP contribution is 2.31. The first-order chi connectivity index (χ1) is 15.5. The standard InChI is InChI=1S/C25H25ClN4OS/c1-4-22(24(31)28-19-12-9-17(3)20(26)14-19)30-23-21(6-5-13-27-23)29-25(30)32-15-18-10-7-16(2)8-11-18/h5-14,22H,4,15H2,1-3H3,(H,28,31). The maximum absolute atomic E-state index is 13.3. The number of fused-ring (bicyclic) bond motifs is 1. The van der Waals surface area contributed by atoms with Gasteiger partial charge in [0.1, 0.15) is 11.6 Å². The lowest BCUT2D eigenvalue weighted by atomic mass is 10.2. The Kier molecular flexibility index (Phi) is 6.82. The Balaban J connectivity index is 1.65. The first-order valence-electron chi connectivity index (χ1n) is 10.5. The van der Waals surface area contributed by atoms with E-state index in [9.17, 15) is 4.79 Å². The SMILES string of the molecule is CCC(C(=O)Nc1ccc(C)c(Cl)c1)n1c(SCc2ccc(C)cc2)nc2cccnc21. The van der Waals surface area contributed by atoms with Crippen LogP contribution in [0.2, 0.25) is 5.02 Å². The molecule has 0 saturated carbocycles.